The number of aliphatic hydroxyl groups is 1. The molecule has 2 fully saturated rings. The number of hydrogen-bond donors (Lipinski definition) is 1. The highest BCUT2D eigenvalue weighted by atomic mass is 32.7. The first-order valence-corrected chi connectivity index (χ1v) is 13.4. The van der Waals surface area contributed by atoms with E-state index in [2.05, 4.69) is 0 Å². The van der Waals surface area contributed by atoms with Crippen LogP contribution in [0.4, 0.5) is 0 Å². The molecule has 2 aliphatic heterocycles. The molecule has 10 heteroatoms. The fraction of sp³-hybridized carbons (Fsp3) is 1.00. The van der Waals surface area contributed by atoms with E-state index in [0.717, 1.165) is 11.4 Å². The van der Waals surface area contributed by atoms with Crippen molar-refractivity contribution in [2.45, 2.75) is 95.9 Å². The topological polar surface area (TPSA) is 107 Å². The highest BCUT2D eigenvalue weighted by Gasteiger charge is 2.44. The molecule has 8 atom stereocenters. The van der Waals surface area contributed by atoms with Gasteiger partial charge >= 0.3 is 0 Å². The van der Waals surface area contributed by atoms with Crippen molar-refractivity contribution in [2.24, 2.45) is 5.92 Å². The van der Waals surface area contributed by atoms with Crippen molar-refractivity contribution in [3.8, 4) is 0 Å². The fourth-order valence-corrected chi connectivity index (χ4v) is 7.10. The van der Waals surface area contributed by atoms with E-state index in [-0.39, 0.29) is 54.9 Å². The summed E-state index contributed by atoms with van der Waals surface area (Å²) in [4.78, 5) is 12.6. The molecule has 0 spiro atoms. The largest absolute Gasteiger partial charge is 0.770 e. The molecule has 172 valence electrons. The first kappa shape index (κ1) is 25.6. The summed E-state index contributed by atoms with van der Waals surface area (Å²) in [5.41, 5.74) is 0. The number of rotatable bonds is 11. The molecule has 1 N–H and O–H groups in total. The minimum absolute atomic E-state index is 0.0265. The molecule has 2 saturated heterocycles. The maximum absolute atomic E-state index is 12.6. The van der Waals surface area contributed by atoms with Crippen molar-refractivity contribution >= 4 is 18.2 Å². The van der Waals surface area contributed by atoms with Gasteiger partial charge in [0, 0.05) is 11.2 Å². The van der Waals surface area contributed by atoms with Crippen LogP contribution in [-0.2, 0) is 28.0 Å². The van der Waals surface area contributed by atoms with Gasteiger partial charge < -0.3 is 33.5 Å². The van der Waals surface area contributed by atoms with Gasteiger partial charge in [0.1, 0.15) is 6.10 Å². The average molecular weight is 456 g/mol. The lowest BCUT2D eigenvalue weighted by Gasteiger charge is -2.30. The summed E-state index contributed by atoms with van der Waals surface area (Å²) in [5.74, 6) is -0.216. The van der Waals surface area contributed by atoms with Gasteiger partial charge in [0.15, 0.2) is 6.80 Å². The summed E-state index contributed by atoms with van der Waals surface area (Å²) in [7, 11) is 0. The lowest BCUT2D eigenvalue weighted by Crippen LogP contribution is -2.37. The van der Waals surface area contributed by atoms with E-state index in [9.17, 15) is 14.6 Å². The van der Waals surface area contributed by atoms with Gasteiger partial charge in [0.05, 0.1) is 56.4 Å². The second kappa shape index (κ2) is 11.2. The van der Waals surface area contributed by atoms with Crippen molar-refractivity contribution in [2.75, 3.05) is 19.8 Å². The third-order valence-electron chi connectivity index (χ3n) is 5.06. The molecule has 2 aliphatic rings. The van der Waals surface area contributed by atoms with E-state index < -0.39 is 19.0 Å². The maximum atomic E-state index is 12.6. The molecule has 0 aromatic carbocycles. The van der Waals surface area contributed by atoms with Gasteiger partial charge in [-0.1, -0.05) is 11.4 Å². The SMILES string of the molecule is CC(C)OC[C@H]1O[C@@H](C)C[C@H]1SP(=O)([O-])OC[C@H]1O[C@@H](C)C(CO)[C@H]1OC(C)C. The Morgan fingerprint density at radius 2 is 1.83 bits per heavy atom. The summed E-state index contributed by atoms with van der Waals surface area (Å²) < 4.78 is 41.1. The molecule has 0 aliphatic carbocycles. The predicted octanol–water partition coefficient (Wildman–Crippen LogP) is 2.37. The molecule has 0 aromatic heterocycles. The lowest BCUT2D eigenvalue weighted by atomic mass is 9.98. The van der Waals surface area contributed by atoms with Crippen LogP contribution in [0.3, 0.4) is 0 Å². The number of aliphatic hydroxyl groups excluding tert-OH is 1. The van der Waals surface area contributed by atoms with E-state index in [4.69, 9.17) is 23.5 Å². The van der Waals surface area contributed by atoms with Crippen LogP contribution in [-0.4, -0.2) is 72.9 Å². The normalized spacial score (nSPS) is 37.5. The van der Waals surface area contributed by atoms with Crippen molar-refractivity contribution in [1.82, 2.24) is 0 Å². The summed E-state index contributed by atoms with van der Waals surface area (Å²) in [6.45, 7) is 7.37. The van der Waals surface area contributed by atoms with Gasteiger partial charge in [-0.25, -0.2) is 0 Å². The summed E-state index contributed by atoms with van der Waals surface area (Å²) in [6, 6.07) is 0. The maximum Gasteiger partial charge on any atom is 0.192 e. The summed E-state index contributed by atoms with van der Waals surface area (Å²) in [6.07, 6.45) is -0.920. The van der Waals surface area contributed by atoms with Crippen molar-refractivity contribution in [3.05, 3.63) is 0 Å². The molecule has 2 rings (SSSR count). The first-order valence-electron chi connectivity index (χ1n) is 10.3. The minimum atomic E-state index is -4.18. The van der Waals surface area contributed by atoms with Gasteiger partial charge in [-0.05, 0) is 48.0 Å². The third-order valence-corrected chi connectivity index (χ3v) is 8.46. The van der Waals surface area contributed by atoms with Crippen LogP contribution in [0.15, 0.2) is 0 Å². The standard InChI is InChI=1S/C19H37O8PS/c1-11(2)23-9-16-18(7-13(5)26-16)29-28(21,22)24-10-17-19(25-12(3)4)15(8-20)14(6)27-17/h11-20H,7-10H2,1-6H3,(H,21,22)/p-1/t13-,14-,15?,16+,17+,18+,19+/m0/s1. The molecule has 29 heavy (non-hydrogen) atoms. The molecular weight excluding hydrogens is 419 g/mol. The van der Waals surface area contributed by atoms with Crippen molar-refractivity contribution < 1.29 is 38.0 Å². The van der Waals surface area contributed by atoms with E-state index in [0.29, 0.717) is 13.0 Å². The van der Waals surface area contributed by atoms with Gasteiger partial charge in [0.25, 0.3) is 0 Å². The van der Waals surface area contributed by atoms with E-state index in [1.807, 2.05) is 41.5 Å². The molecule has 0 aromatic rings. The van der Waals surface area contributed by atoms with Crippen LogP contribution in [0.2, 0.25) is 0 Å². The molecular formula is C19H36O8PS-. The molecule has 0 radical (unpaired) electrons. The van der Waals surface area contributed by atoms with Gasteiger partial charge in [-0.15, -0.1) is 0 Å². The van der Waals surface area contributed by atoms with Crippen LogP contribution >= 0.6 is 18.2 Å². The van der Waals surface area contributed by atoms with Gasteiger partial charge in [-0.3, -0.25) is 4.57 Å². The average Bonchev–Trinajstić information content (AvgIpc) is 3.09. The molecule has 0 saturated carbocycles. The van der Waals surface area contributed by atoms with E-state index >= 15 is 0 Å². The Bertz CT molecular complexity index is 548. The number of ether oxygens (including phenoxy) is 4. The van der Waals surface area contributed by atoms with E-state index in [1.54, 1.807) is 0 Å². The lowest BCUT2D eigenvalue weighted by molar-refractivity contribution is -0.193. The molecule has 0 amide bonds. The first-order chi connectivity index (χ1) is 13.5. The summed E-state index contributed by atoms with van der Waals surface area (Å²) in [5, 5.41) is 9.40. The molecule has 2 heterocycles. The Labute approximate surface area is 178 Å². The quantitative estimate of drug-likeness (QED) is 0.470. The number of hydrogen-bond acceptors (Lipinski definition) is 9. The molecule has 8 nitrogen and oxygen atoms in total. The van der Waals surface area contributed by atoms with Crippen molar-refractivity contribution in [3.63, 3.8) is 0 Å². The molecule has 0 bridgehead atoms. The Hall–Kier alpha value is 0.300. The minimum Gasteiger partial charge on any atom is -0.770 e. The zero-order valence-corrected chi connectivity index (χ0v) is 19.9. The Morgan fingerprint density at radius 1 is 1.14 bits per heavy atom. The van der Waals surface area contributed by atoms with Gasteiger partial charge in [0.2, 0.25) is 0 Å². The fourth-order valence-electron chi connectivity index (χ4n) is 3.71. The Kier molecular flexibility index (Phi) is 9.92. The highest BCUT2D eigenvalue weighted by molar-refractivity contribution is 8.54. The van der Waals surface area contributed by atoms with Crippen LogP contribution in [0.5, 0.6) is 0 Å². The Balaban J connectivity index is 1.93. The second-order valence-electron chi connectivity index (χ2n) is 8.37. The zero-order chi connectivity index (χ0) is 21.8. The smallest absolute Gasteiger partial charge is 0.192 e. The highest BCUT2D eigenvalue weighted by Crippen LogP contribution is 2.57. The predicted molar refractivity (Wildman–Crippen MR) is 110 cm³/mol. The van der Waals surface area contributed by atoms with E-state index in [1.165, 1.54) is 0 Å². The summed E-state index contributed by atoms with van der Waals surface area (Å²) >= 11 is 0.806. The van der Waals surface area contributed by atoms with Gasteiger partial charge in [-0.2, -0.15) is 0 Å². The molecule has 2 unspecified atom stereocenters. The van der Waals surface area contributed by atoms with Crippen LogP contribution in [0, 0.1) is 5.92 Å². The third kappa shape index (κ3) is 7.74. The zero-order valence-electron chi connectivity index (χ0n) is 18.2. The van der Waals surface area contributed by atoms with Crippen LogP contribution < -0.4 is 4.89 Å². The Morgan fingerprint density at radius 3 is 2.41 bits per heavy atom. The second-order valence-corrected chi connectivity index (χ2v) is 12.3. The van der Waals surface area contributed by atoms with Crippen LogP contribution in [0.1, 0.15) is 48.0 Å². The van der Waals surface area contributed by atoms with Crippen LogP contribution in [0.25, 0.3) is 0 Å². The van der Waals surface area contributed by atoms with Crippen molar-refractivity contribution in [1.29, 1.82) is 0 Å². The monoisotopic (exact) mass is 455 g/mol.